The fourth-order valence-corrected chi connectivity index (χ4v) is 2.77. The van der Waals surface area contributed by atoms with Crippen molar-refractivity contribution in [3.8, 4) is 5.75 Å². The first-order valence-corrected chi connectivity index (χ1v) is 7.16. The summed E-state index contributed by atoms with van der Waals surface area (Å²) < 4.78 is 5.44. The molecular weight excluding hydrogens is 252 g/mol. The second kappa shape index (κ2) is 6.12. The molecule has 0 saturated carbocycles. The van der Waals surface area contributed by atoms with Crippen molar-refractivity contribution in [3.63, 3.8) is 0 Å². The van der Waals surface area contributed by atoms with E-state index in [4.69, 9.17) is 4.74 Å². The number of likely N-dealkylation sites (N-methyl/N-ethyl adjacent to an activating group) is 1. The standard InChI is InChI=1S/C16H26N2O2/c1-16(2)12-18(8-7-17(16)3)10-14-9-13(11-19)5-6-15(14)20-4/h5-6,9,19H,7-8,10-12H2,1-4H3. The highest BCUT2D eigenvalue weighted by molar-refractivity contribution is 5.37. The van der Waals surface area contributed by atoms with E-state index in [1.165, 1.54) is 0 Å². The topological polar surface area (TPSA) is 35.9 Å². The number of hydrogen-bond acceptors (Lipinski definition) is 4. The van der Waals surface area contributed by atoms with Crippen LogP contribution in [0.3, 0.4) is 0 Å². The molecule has 1 aliphatic rings. The molecule has 1 aromatic rings. The molecule has 1 saturated heterocycles. The summed E-state index contributed by atoms with van der Waals surface area (Å²) in [7, 11) is 3.88. The van der Waals surface area contributed by atoms with Gasteiger partial charge in [0.15, 0.2) is 0 Å². The Morgan fingerprint density at radius 3 is 2.65 bits per heavy atom. The number of aliphatic hydroxyl groups excluding tert-OH is 1. The fraction of sp³-hybridized carbons (Fsp3) is 0.625. The summed E-state index contributed by atoms with van der Waals surface area (Å²) in [6.07, 6.45) is 0. The predicted octanol–water partition coefficient (Wildman–Crippen LogP) is 1.71. The molecule has 0 aromatic heterocycles. The van der Waals surface area contributed by atoms with Crippen molar-refractivity contribution in [2.75, 3.05) is 33.8 Å². The fourth-order valence-electron chi connectivity index (χ4n) is 2.77. The minimum absolute atomic E-state index is 0.0746. The van der Waals surface area contributed by atoms with Gasteiger partial charge in [-0.15, -0.1) is 0 Å². The third kappa shape index (κ3) is 3.32. The van der Waals surface area contributed by atoms with Crippen LogP contribution >= 0.6 is 0 Å². The van der Waals surface area contributed by atoms with E-state index in [0.717, 1.165) is 43.1 Å². The van der Waals surface area contributed by atoms with Gasteiger partial charge in [-0.3, -0.25) is 9.80 Å². The summed E-state index contributed by atoms with van der Waals surface area (Å²) in [5.41, 5.74) is 2.29. The summed E-state index contributed by atoms with van der Waals surface area (Å²) >= 11 is 0. The normalized spacial score (nSPS) is 20.1. The number of methoxy groups -OCH3 is 1. The number of rotatable bonds is 4. The average Bonchev–Trinajstić information content (AvgIpc) is 2.42. The van der Waals surface area contributed by atoms with E-state index in [1.807, 2.05) is 18.2 Å². The molecule has 0 bridgehead atoms. The van der Waals surface area contributed by atoms with Crippen LogP contribution in [-0.2, 0) is 13.2 Å². The van der Waals surface area contributed by atoms with Crippen LogP contribution in [0, 0.1) is 0 Å². The third-order valence-electron chi connectivity index (χ3n) is 4.32. The van der Waals surface area contributed by atoms with Gasteiger partial charge >= 0.3 is 0 Å². The smallest absolute Gasteiger partial charge is 0.123 e. The van der Waals surface area contributed by atoms with Gasteiger partial charge in [-0.25, -0.2) is 0 Å². The monoisotopic (exact) mass is 278 g/mol. The van der Waals surface area contributed by atoms with E-state index >= 15 is 0 Å². The Hall–Kier alpha value is -1.10. The number of ether oxygens (including phenoxy) is 1. The van der Waals surface area contributed by atoms with E-state index in [2.05, 4.69) is 30.7 Å². The second-order valence-electron chi connectivity index (χ2n) is 6.25. The molecule has 2 rings (SSSR count). The van der Waals surface area contributed by atoms with Gasteiger partial charge in [0.25, 0.3) is 0 Å². The lowest BCUT2D eigenvalue weighted by Gasteiger charge is -2.45. The number of benzene rings is 1. The summed E-state index contributed by atoms with van der Waals surface area (Å²) in [5.74, 6) is 0.902. The van der Waals surface area contributed by atoms with E-state index in [0.29, 0.717) is 0 Å². The first-order valence-electron chi connectivity index (χ1n) is 7.16. The molecule has 1 fully saturated rings. The van der Waals surface area contributed by atoms with Crippen LogP contribution in [0.5, 0.6) is 5.75 Å². The quantitative estimate of drug-likeness (QED) is 0.909. The van der Waals surface area contributed by atoms with Gasteiger partial charge in [-0.05, 0) is 38.6 Å². The maximum absolute atomic E-state index is 9.29. The highest BCUT2D eigenvalue weighted by Crippen LogP contribution is 2.25. The number of nitrogens with zero attached hydrogens (tertiary/aromatic N) is 2. The maximum Gasteiger partial charge on any atom is 0.123 e. The van der Waals surface area contributed by atoms with Crippen LogP contribution in [0.2, 0.25) is 0 Å². The second-order valence-corrected chi connectivity index (χ2v) is 6.25. The highest BCUT2D eigenvalue weighted by Gasteiger charge is 2.31. The van der Waals surface area contributed by atoms with Gasteiger partial charge in [-0.1, -0.05) is 6.07 Å². The lowest BCUT2D eigenvalue weighted by Crippen LogP contribution is -2.57. The van der Waals surface area contributed by atoms with Crippen molar-refractivity contribution < 1.29 is 9.84 Å². The Labute approximate surface area is 122 Å². The Morgan fingerprint density at radius 2 is 2.05 bits per heavy atom. The van der Waals surface area contributed by atoms with E-state index in [9.17, 15) is 5.11 Å². The minimum atomic E-state index is 0.0746. The Morgan fingerprint density at radius 1 is 1.30 bits per heavy atom. The Kier molecular flexibility index (Phi) is 4.68. The SMILES string of the molecule is COc1ccc(CO)cc1CN1CCN(C)C(C)(C)C1. The maximum atomic E-state index is 9.29. The van der Waals surface area contributed by atoms with E-state index in [1.54, 1.807) is 7.11 Å². The average molecular weight is 278 g/mol. The van der Waals surface area contributed by atoms with Crippen LogP contribution in [-0.4, -0.2) is 54.2 Å². The van der Waals surface area contributed by atoms with Crippen LogP contribution < -0.4 is 4.74 Å². The van der Waals surface area contributed by atoms with Gasteiger partial charge < -0.3 is 9.84 Å². The van der Waals surface area contributed by atoms with Gasteiger partial charge in [-0.2, -0.15) is 0 Å². The minimum Gasteiger partial charge on any atom is -0.496 e. The zero-order valence-corrected chi connectivity index (χ0v) is 13.0. The molecule has 0 unspecified atom stereocenters. The molecule has 4 nitrogen and oxygen atoms in total. The number of piperazine rings is 1. The van der Waals surface area contributed by atoms with Crippen molar-refractivity contribution in [1.29, 1.82) is 0 Å². The zero-order chi connectivity index (χ0) is 14.8. The summed E-state index contributed by atoms with van der Waals surface area (Å²) in [5, 5.41) is 9.29. The van der Waals surface area contributed by atoms with Crippen molar-refractivity contribution in [2.24, 2.45) is 0 Å². The van der Waals surface area contributed by atoms with Gasteiger partial charge in [0, 0.05) is 37.3 Å². The lowest BCUT2D eigenvalue weighted by molar-refractivity contribution is 0.0356. The summed E-state index contributed by atoms with van der Waals surface area (Å²) in [6, 6.07) is 5.91. The van der Waals surface area contributed by atoms with Crippen molar-refractivity contribution in [2.45, 2.75) is 32.5 Å². The van der Waals surface area contributed by atoms with Crippen molar-refractivity contribution in [1.82, 2.24) is 9.80 Å². The number of aliphatic hydroxyl groups is 1. The largest absolute Gasteiger partial charge is 0.496 e. The zero-order valence-electron chi connectivity index (χ0n) is 13.0. The number of hydrogen-bond donors (Lipinski definition) is 1. The molecule has 1 N–H and O–H groups in total. The summed E-state index contributed by atoms with van der Waals surface area (Å²) in [4.78, 5) is 4.86. The van der Waals surface area contributed by atoms with Crippen molar-refractivity contribution in [3.05, 3.63) is 29.3 Å². The molecule has 1 aromatic carbocycles. The highest BCUT2D eigenvalue weighted by atomic mass is 16.5. The molecule has 0 spiro atoms. The van der Waals surface area contributed by atoms with Gasteiger partial charge in [0.05, 0.1) is 13.7 Å². The van der Waals surface area contributed by atoms with Crippen LogP contribution in [0.1, 0.15) is 25.0 Å². The first-order chi connectivity index (χ1) is 9.46. The molecule has 112 valence electrons. The molecular formula is C16H26N2O2. The third-order valence-corrected chi connectivity index (χ3v) is 4.32. The molecule has 1 heterocycles. The van der Waals surface area contributed by atoms with Crippen molar-refractivity contribution >= 4 is 0 Å². The molecule has 0 radical (unpaired) electrons. The van der Waals surface area contributed by atoms with E-state index < -0.39 is 0 Å². The Balaban J connectivity index is 2.13. The predicted molar refractivity (Wildman–Crippen MR) is 80.9 cm³/mol. The molecule has 1 aliphatic heterocycles. The Bertz CT molecular complexity index is 460. The summed E-state index contributed by atoms with van der Waals surface area (Å²) in [6.45, 7) is 8.68. The van der Waals surface area contributed by atoms with Crippen LogP contribution in [0.25, 0.3) is 0 Å². The van der Waals surface area contributed by atoms with Crippen LogP contribution in [0.4, 0.5) is 0 Å². The molecule has 4 heteroatoms. The first kappa shape index (κ1) is 15.3. The lowest BCUT2D eigenvalue weighted by atomic mass is 9.99. The van der Waals surface area contributed by atoms with Gasteiger partial charge in [0.1, 0.15) is 5.75 Å². The van der Waals surface area contributed by atoms with Crippen LogP contribution in [0.15, 0.2) is 18.2 Å². The molecule has 0 atom stereocenters. The molecule has 0 aliphatic carbocycles. The molecule has 20 heavy (non-hydrogen) atoms. The molecule has 0 amide bonds. The van der Waals surface area contributed by atoms with Gasteiger partial charge in [0.2, 0.25) is 0 Å². The van der Waals surface area contributed by atoms with E-state index in [-0.39, 0.29) is 12.1 Å².